The van der Waals surface area contributed by atoms with Gasteiger partial charge in [0, 0.05) is 22.6 Å². The molecule has 22 heavy (non-hydrogen) atoms. The number of carbonyl (C=O) groups is 1. The highest BCUT2D eigenvalue weighted by molar-refractivity contribution is 7.84. The molecule has 1 N–H and O–H groups in total. The normalized spacial score (nSPS) is 11.9. The fourth-order valence-electron chi connectivity index (χ4n) is 1.70. The predicted octanol–water partition coefficient (Wildman–Crippen LogP) is 4.12. The minimum atomic E-state index is -1.42. The molecule has 0 radical (unpaired) electrons. The predicted molar refractivity (Wildman–Crippen MR) is 87.3 cm³/mol. The van der Waals surface area contributed by atoms with Gasteiger partial charge in [-0.15, -0.1) is 0 Å². The maximum absolute atomic E-state index is 11.5. The van der Waals surface area contributed by atoms with Crippen molar-refractivity contribution in [3.8, 4) is 11.5 Å². The van der Waals surface area contributed by atoms with Crippen molar-refractivity contribution in [3.63, 3.8) is 0 Å². The summed E-state index contributed by atoms with van der Waals surface area (Å²) in [5, 5.41) is 9.43. The first-order chi connectivity index (χ1) is 10.4. The van der Waals surface area contributed by atoms with Crippen LogP contribution in [0.5, 0.6) is 11.5 Å². The van der Waals surface area contributed by atoms with Gasteiger partial charge in [-0.3, -0.25) is 9.00 Å². The molecule has 0 saturated carbocycles. The van der Waals surface area contributed by atoms with E-state index in [2.05, 4.69) is 0 Å². The number of carboxylic acids is 1. The Morgan fingerprint density at radius 2 is 1.68 bits per heavy atom. The molecule has 0 aliphatic carbocycles. The van der Waals surface area contributed by atoms with E-state index in [0.29, 0.717) is 21.5 Å². The van der Waals surface area contributed by atoms with Crippen LogP contribution in [0.1, 0.15) is 5.56 Å². The van der Waals surface area contributed by atoms with Crippen LogP contribution in [0, 0.1) is 0 Å². The van der Waals surface area contributed by atoms with Crippen molar-refractivity contribution >= 4 is 40.0 Å². The standard InChI is InChI=1S/C15H12Cl2O4S/c16-13-6-5-12(7-14(13)17)21-11-3-1-10(2-4-11)8-22(20)9-15(18)19/h1-7H,8-9H2,(H,18,19)/t22-/m0/s1. The van der Waals surface area contributed by atoms with Gasteiger partial charge in [-0.05, 0) is 29.8 Å². The van der Waals surface area contributed by atoms with E-state index in [1.165, 1.54) is 0 Å². The Morgan fingerprint density at radius 3 is 2.27 bits per heavy atom. The fraction of sp³-hybridized carbons (Fsp3) is 0.133. The number of aliphatic carboxylic acids is 1. The number of halogens is 2. The molecule has 0 spiro atoms. The lowest BCUT2D eigenvalue weighted by atomic mass is 10.2. The summed E-state index contributed by atoms with van der Waals surface area (Å²) in [7, 11) is -1.42. The maximum atomic E-state index is 11.5. The summed E-state index contributed by atoms with van der Waals surface area (Å²) in [6.07, 6.45) is 0. The van der Waals surface area contributed by atoms with E-state index in [4.69, 9.17) is 33.0 Å². The summed E-state index contributed by atoms with van der Waals surface area (Å²) in [5.41, 5.74) is 0.779. The van der Waals surface area contributed by atoms with Crippen molar-refractivity contribution < 1.29 is 18.8 Å². The molecule has 0 bridgehead atoms. The zero-order valence-corrected chi connectivity index (χ0v) is 13.6. The quantitative estimate of drug-likeness (QED) is 0.843. The molecular formula is C15H12Cl2O4S. The summed E-state index contributed by atoms with van der Waals surface area (Å²) in [4.78, 5) is 10.5. The molecule has 0 unspecified atom stereocenters. The first kappa shape index (κ1) is 16.8. The molecule has 2 aromatic carbocycles. The smallest absolute Gasteiger partial charge is 0.316 e. The van der Waals surface area contributed by atoms with Crippen molar-refractivity contribution in [2.75, 3.05) is 5.75 Å². The second kappa shape index (κ2) is 7.63. The van der Waals surface area contributed by atoms with Gasteiger partial charge in [0.15, 0.2) is 0 Å². The Morgan fingerprint density at radius 1 is 1.05 bits per heavy atom. The highest BCUT2D eigenvalue weighted by Gasteiger charge is 2.07. The lowest BCUT2D eigenvalue weighted by Crippen LogP contribution is -2.10. The van der Waals surface area contributed by atoms with Gasteiger partial charge in [-0.2, -0.15) is 0 Å². The van der Waals surface area contributed by atoms with Crippen LogP contribution in [-0.2, 0) is 21.3 Å². The third-order valence-corrected chi connectivity index (χ3v) is 4.63. The SMILES string of the molecule is O=C(O)C[S@@](=O)Cc1ccc(Oc2ccc(Cl)c(Cl)c2)cc1. The molecule has 4 nitrogen and oxygen atoms in total. The minimum Gasteiger partial charge on any atom is -0.481 e. The van der Waals surface area contributed by atoms with E-state index in [9.17, 15) is 9.00 Å². The number of hydrogen-bond acceptors (Lipinski definition) is 3. The Labute approximate surface area is 140 Å². The number of hydrogen-bond donors (Lipinski definition) is 1. The number of benzene rings is 2. The van der Waals surface area contributed by atoms with Crippen LogP contribution in [0.4, 0.5) is 0 Å². The van der Waals surface area contributed by atoms with E-state index in [1.807, 2.05) is 0 Å². The molecule has 0 aromatic heterocycles. The molecule has 0 aliphatic rings. The van der Waals surface area contributed by atoms with Crippen molar-refractivity contribution in [1.29, 1.82) is 0 Å². The van der Waals surface area contributed by atoms with Crippen LogP contribution >= 0.6 is 23.2 Å². The monoisotopic (exact) mass is 358 g/mol. The van der Waals surface area contributed by atoms with Crippen LogP contribution in [0.15, 0.2) is 42.5 Å². The summed E-state index contributed by atoms with van der Waals surface area (Å²) in [6, 6.07) is 11.9. The summed E-state index contributed by atoms with van der Waals surface area (Å²) >= 11 is 11.7. The van der Waals surface area contributed by atoms with E-state index in [-0.39, 0.29) is 11.5 Å². The van der Waals surface area contributed by atoms with Gasteiger partial charge in [0.2, 0.25) is 0 Å². The molecule has 0 heterocycles. The van der Waals surface area contributed by atoms with Crippen LogP contribution in [0.3, 0.4) is 0 Å². The Bertz CT molecular complexity index is 701. The Balaban J connectivity index is 2.01. The highest BCUT2D eigenvalue weighted by atomic mass is 35.5. The van der Waals surface area contributed by atoms with Crippen LogP contribution in [0.25, 0.3) is 0 Å². The van der Waals surface area contributed by atoms with Gasteiger partial charge in [0.25, 0.3) is 0 Å². The first-order valence-electron chi connectivity index (χ1n) is 6.22. The Kier molecular flexibility index (Phi) is 5.83. The van der Waals surface area contributed by atoms with Crippen LogP contribution in [-0.4, -0.2) is 21.0 Å². The van der Waals surface area contributed by atoms with Gasteiger partial charge in [0.1, 0.15) is 17.3 Å². The lowest BCUT2D eigenvalue weighted by molar-refractivity contribution is -0.133. The summed E-state index contributed by atoms with van der Waals surface area (Å²) < 4.78 is 17.2. The van der Waals surface area contributed by atoms with Gasteiger partial charge < -0.3 is 9.84 Å². The molecule has 0 aliphatic heterocycles. The van der Waals surface area contributed by atoms with Gasteiger partial charge in [-0.25, -0.2) is 0 Å². The van der Waals surface area contributed by atoms with Crippen molar-refractivity contribution in [2.24, 2.45) is 0 Å². The number of carboxylic acid groups (broad SMARTS) is 1. The van der Waals surface area contributed by atoms with Gasteiger partial charge >= 0.3 is 5.97 Å². The molecular weight excluding hydrogens is 347 g/mol. The average molecular weight is 359 g/mol. The molecule has 1 atom stereocenters. The molecule has 0 saturated heterocycles. The topological polar surface area (TPSA) is 63.6 Å². The number of ether oxygens (including phenoxy) is 1. The lowest BCUT2D eigenvalue weighted by Gasteiger charge is -2.07. The second-order valence-electron chi connectivity index (χ2n) is 4.44. The van der Waals surface area contributed by atoms with E-state index >= 15 is 0 Å². The molecule has 2 rings (SSSR count). The molecule has 0 amide bonds. The molecule has 116 valence electrons. The Hall–Kier alpha value is -1.56. The van der Waals surface area contributed by atoms with Crippen LogP contribution < -0.4 is 4.74 Å². The molecule has 0 fully saturated rings. The van der Waals surface area contributed by atoms with Crippen molar-refractivity contribution in [1.82, 2.24) is 0 Å². The minimum absolute atomic E-state index is 0.194. The molecule has 7 heteroatoms. The van der Waals surface area contributed by atoms with Crippen molar-refractivity contribution in [3.05, 3.63) is 58.1 Å². The maximum Gasteiger partial charge on any atom is 0.316 e. The zero-order chi connectivity index (χ0) is 16.1. The third-order valence-electron chi connectivity index (χ3n) is 2.66. The van der Waals surface area contributed by atoms with Gasteiger partial charge in [-0.1, -0.05) is 35.3 Å². The average Bonchev–Trinajstić information content (AvgIpc) is 2.44. The van der Waals surface area contributed by atoms with E-state index in [0.717, 1.165) is 5.56 Å². The van der Waals surface area contributed by atoms with Gasteiger partial charge in [0.05, 0.1) is 10.0 Å². The highest BCUT2D eigenvalue weighted by Crippen LogP contribution is 2.29. The van der Waals surface area contributed by atoms with Crippen molar-refractivity contribution in [2.45, 2.75) is 5.75 Å². The third kappa shape index (κ3) is 5.02. The molecule has 2 aromatic rings. The zero-order valence-electron chi connectivity index (χ0n) is 11.3. The van der Waals surface area contributed by atoms with E-state index < -0.39 is 16.8 Å². The summed E-state index contributed by atoms with van der Waals surface area (Å²) in [5.74, 6) is -0.0957. The summed E-state index contributed by atoms with van der Waals surface area (Å²) in [6.45, 7) is 0. The second-order valence-corrected chi connectivity index (χ2v) is 6.72. The largest absolute Gasteiger partial charge is 0.481 e. The first-order valence-corrected chi connectivity index (χ1v) is 8.47. The fourth-order valence-corrected chi connectivity index (χ4v) is 2.93. The van der Waals surface area contributed by atoms with E-state index in [1.54, 1.807) is 42.5 Å². The number of rotatable bonds is 6. The van der Waals surface area contributed by atoms with Crippen LogP contribution in [0.2, 0.25) is 10.0 Å².